The summed E-state index contributed by atoms with van der Waals surface area (Å²) < 4.78 is 33.6. The van der Waals surface area contributed by atoms with Gasteiger partial charge in [-0.25, -0.2) is 4.84 Å². The Bertz CT molecular complexity index is 673. The zero-order chi connectivity index (χ0) is 21.6. The van der Waals surface area contributed by atoms with E-state index in [4.69, 9.17) is 33.3 Å². The van der Waals surface area contributed by atoms with Crippen molar-refractivity contribution in [1.82, 2.24) is 5.23 Å². The van der Waals surface area contributed by atoms with Crippen molar-refractivity contribution in [3.63, 3.8) is 0 Å². The minimum Gasteiger partial charge on any atom is -0.493 e. The molecule has 1 heterocycles. The third-order valence-electron chi connectivity index (χ3n) is 4.78. The Morgan fingerprint density at radius 1 is 1.17 bits per heavy atom. The number of rotatable bonds is 10. The van der Waals surface area contributed by atoms with Crippen LogP contribution in [-0.4, -0.2) is 77.3 Å². The number of methoxy groups -OCH3 is 4. The molecule has 1 aliphatic heterocycles. The number of nitrogens with zero attached hydrogens (tertiary/aromatic N) is 1. The summed E-state index contributed by atoms with van der Waals surface area (Å²) in [6.07, 6.45) is -0.720. The van der Waals surface area contributed by atoms with Gasteiger partial charge in [-0.1, -0.05) is 12.2 Å². The molecular weight excluding hydrogens is 386 g/mol. The number of amides is 1. The molecule has 1 saturated heterocycles. The van der Waals surface area contributed by atoms with Gasteiger partial charge in [-0.15, -0.1) is 0 Å². The molecule has 0 bridgehead atoms. The van der Waals surface area contributed by atoms with Crippen LogP contribution in [0.2, 0.25) is 0 Å². The normalized spacial score (nSPS) is 23.7. The Hall–Kier alpha value is -2.11. The second-order valence-corrected chi connectivity index (χ2v) is 6.29. The van der Waals surface area contributed by atoms with Gasteiger partial charge in [0.2, 0.25) is 11.4 Å². The molecule has 0 aliphatic carbocycles. The van der Waals surface area contributed by atoms with Gasteiger partial charge in [0.15, 0.2) is 11.5 Å². The predicted octanol–water partition coefficient (Wildman–Crippen LogP) is 1.53. The molecule has 0 radical (unpaired) electrons. The average Bonchev–Trinajstić information content (AvgIpc) is 3.14. The Balaban J connectivity index is 2.73. The van der Waals surface area contributed by atoms with E-state index in [1.807, 2.05) is 6.92 Å². The molecule has 1 aromatic carbocycles. The van der Waals surface area contributed by atoms with Crippen LogP contribution in [-0.2, 0) is 29.4 Å². The number of hydroxylamine groups is 2. The molecule has 3 atom stereocenters. The van der Waals surface area contributed by atoms with E-state index in [0.717, 1.165) is 7.11 Å². The van der Waals surface area contributed by atoms with E-state index in [1.165, 1.54) is 28.4 Å². The molecule has 2 rings (SSSR count). The molecule has 29 heavy (non-hydrogen) atoms. The van der Waals surface area contributed by atoms with Crippen LogP contribution in [0.1, 0.15) is 18.9 Å². The molecule has 0 saturated carbocycles. The van der Waals surface area contributed by atoms with E-state index in [-0.39, 0.29) is 11.8 Å². The fraction of sp³-hybridized carbons (Fsp3) is 0.632. The molecule has 10 nitrogen and oxygen atoms in total. The highest BCUT2D eigenvalue weighted by Crippen LogP contribution is 2.47. The summed E-state index contributed by atoms with van der Waals surface area (Å²) in [4.78, 5) is 18.0. The van der Waals surface area contributed by atoms with E-state index >= 15 is 0 Å². The lowest BCUT2D eigenvalue weighted by atomic mass is 9.85. The number of carbonyl (C=O) groups excluding carboxylic acids is 1. The summed E-state index contributed by atoms with van der Waals surface area (Å²) in [5, 5.41) is 10.2. The minimum atomic E-state index is -1.77. The zero-order valence-corrected chi connectivity index (χ0v) is 17.6. The highest BCUT2D eigenvalue weighted by atomic mass is 16.9. The first-order chi connectivity index (χ1) is 13.9. The van der Waals surface area contributed by atoms with Crippen LogP contribution < -0.4 is 14.2 Å². The Labute approximate surface area is 170 Å². The van der Waals surface area contributed by atoms with Crippen molar-refractivity contribution in [3.8, 4) is 17.2 Å². The maximum Gasteiger partial charge on any atom is 0.312 e. The predicted molar refractivity (Wildman–Crippen MR) is 100 cm³/mol. The fourth-order valence-electron chi connectivity index (χ4n) is 3.38. The third kappa shape index (κ3) is 4.12. The molecule has 0 spiro atoms. The lowest BCUT2D eigenvalue weighted by Gasteiger charge is -2.35. The van der Waals surface area contributed by atoms with Crippen molar-refractivity contribution >= 4 is 5.91 Å². The van der Waals surface area contributed by atoms with E-state index in [0.29, 0.717) is 35.8 Å². The topological polar surface area (TPSA) is 105 Å². The first-order valence-corrected chi connectivity index (χ1v) is 9.11. The number of ether oxygens (including phenoxy) is 6. The molecule has 10 heteroatoms. The third-order valence-corrected chi connectivity index (χ3v) is 4.78. The number of carbonyl (C=O) groups is 1. The van der Waals surface area contributed by atoms with Crippen LogP contribution in [0.4, 0.5) is 0 Å². The summed E-state index contributed by atoms with van der Waals surface area (Å²) in [5.41, 5.74) is -1.44. The van der Waals surface area contributed by atoms with Crippen molar-refractivity contribution < 1.29 is 43.3 Å². The van der Waals surface area contributed by atoms with Crippen LogP contribution in [0.5, 0.6) is 17.2 Å². The number of benzene rings is 1. The van der Waals surface area contributed by atoms with Crippen LogP contribution in [0.3, 0.4) is 0 Å². The van der Waals surface area contributed by atoms with Crippen molar-refractivity contribution in [2.45, 2.75) is 31.2 Å². The zero-order valence-electron chi connectivity index (χ0n) is 17.6. The van der Waals surface area contributed by atoms with E-state index in [2.05, 4.69) is 0 Å². The van der Waals surface area contributed by atoms with E-state index in [1.54, 1.807) is 12.1 Å². The van der Waals surface area contributed by atoms with Gasteiger partial charge in [0, 0.05) is 19.3 Å². The van der Waals surface area contributed by atoms with Crippen molar-refractivity contribution in [1.29, 1.82) is 0 Å². The van der Waals surface area contributed by atoms with Gasteiger partial charge < -0.3 is 28.4 Å². The number of hydrogen-bond donors (Lipinski definition) is 1. The molecule has 1 aliphatic rings. The summed E-state index contributed by atoms with van der Waals surface area (Å²) in [7, 11) is 7.05. The molecule has 3 unspecified atom stereocenters. The maximum absolute atomic E-state index is 13.3. The summed E-state index contributed by atoms with van der Waals surface area (Å²) >= 11 is 0. The molecule has 1 N–H and O–H groups in total. The molecular formula is C19H29NO9. The van der Waals surface area contributed by atoms with Gasteiger partial charge in [0.25, 0.3) is 0 Å². The van der Waals surface area contributed by atoms with Gasteiger partial charge in [0.05, 0.1) is 35.0 Å². The second-order valence-electron chi connectivity index (χ2n) is 6.29. The lowest BCUT2D eigenvalue weighted by Crippen LogP contribution is -2.54. The Morgan fingerprint density at radius 3 is 2.24 bits per heavy atom. The van der Waals surface area contributed by atoms with Crippen LogP contribution in [0.25, 0.3) is 0 Å². The smallest absolute Gasteiger partial charge is 0.312 e. The summed E-state index contributed by atoms with van der Waals surface area (Å²) in [6.45, 7) is 2.35. The van der Waals surface area contributed by atoms with Crippen LogP contribution >= 0.6 is 0 Å². The Kier molecular flexibility index (Phi) is 8.05. The lowest BCUT2D eigenvalue weighted by molar-refractivity contribution is -0.315. The SMILES string of the molecule is CCCOC1C(OC)COC1(C(=O)N(O)OC)c1cc(OC)c(OC)c(OC)c1. The highest BCUT2D eigenvalue weighted by molar-refractivity contribution is 5.87. The molecule has 1 amide bonds. The standard InChI is InChI=1S/C19H29NO9/c1-7-8-28-17-15(25-4)11-29-19(17,18(21)20(22)27-6)12-9-13(23-2)16(26-5)14(10-12)24-3/h9-10,15,17,22H,7-8,11H2,1-6H3. The maximum atomic E-state index is 13.3. The van der Waals surface area contributed by atoms with Gasteiger partial charge >= 0.3 is 5.91 Å². The Morgan fingerprint density at radius 2 is 1.79 bits per heavy atom. The van der Waals surface area contributed by atoms with E-state index < -0.39 is 23.7 Å². The summed E-state index contributed by atoms with van der Waals surface area (Å²) in [6, 6.07) is 3.15. The van der Waals surface area contributed by atoms with E-state index in [9.17, 15) is 10.0 Å². The first kappa shape index (κ1) is 23.2. The molecule has 0 aromatic heterocycles. The van der Waals surface area contributed by atoms with Gasteiger partial charge in [0.1, 0.15) is 12.2 Å². The van der Waals surface area contributed by atoms with Crippen LogP contribution in [0, 0.1) is 0 Å². The highest BCUT2D eigenvalue weighted by Gasteiger charge is 2.60. The largest absolute Gasteiger partial charge is 0.493 e. The van der Waals surface area contributed by atoms with Crippen LogP contribution in [0.15, 0.2) is 12.1 Å². The fourth-order valence-corrected chi connectivity index (χ4v) is 3.38. The second kappa shape index (κ2) is 10.1. The quantitative estimate of drug-likeness (QED) is 0.450. The van der Waals surface area contributed by atoms with Gasteiger partial charge in [-0.05, 0) is 18.6 Å². The van der Waals surface area contributed by atoms with Gasteiger partial charge in [-0.3, -0.25) is 10.0 Å². The van der Waals surface area contributed by atoms with Crippen molar-refractivity contribution in [2.75, 3.05) is 48.8 Å². The first-order valence-electron chi connectivity index (χ1n) is 9.11. The summed E-state index contributed by atoms with van der Waals surface area (Å²) in [5.74, 6) is 0.0977. The minimum absolute atomic E-state index is 0.0604. The molecule has 1 fully saturated rings. The average molecular weight is 415 g/mol. The monoisotopic (exact) mass is 415 g/mol. The van der Waals surface area contributed by atoms with Gasteiger partial charge in [-0.2, -0.15) is 0 Å². The molecule has 1 aromatic rings. The number of hydrogen-bond acceptors (Lipinski definition) is 9. The van der Waals surface area contributed by atoms with Crippen molar-refractivity contribution in [3.05, 3.63) is 17.7 Å². The van der Waals surface area contributed by atoms with Crippen molar-refractivity contribution in [2.24, 2.45) is 0 Å². The molecule has 164 valence electrons.